The van der Waals surface area contributed by atoms with E-state index in [-0.39, 0.29) is 24.5 Å². The maximum Gasteiger partial charge on any atom is 0.203 e. The second kappa shape index (κ2) is 9.51. The first-order chi connectivity index (χ1) is 12.8. The van der Waals surface area contributed by atoms with Gasteiger partial charge in [-0.05, 0) is 17.7 Å². The number of phenolic OH excluding ortho intramolecular Hbond substituents is 1. The molecular formula is C17H26O10. The Balaban J connectivity index is 1.96. The Morgan fingerprint density at radius 2 is 1.78 bits per heavy atom. The predicted molar refractivity (Wildman–Crippen MR) is 90.6 cm³/mol. The molecule has 0 amide bonds. The average Bonchev–Trinajstić information content (AvgIpc) is 2.65. The molecule has 6 N–H and O–H groups in total. The predicted octanol–water partition coefficient (Wildman–Crippen LogP) is -1.87. The zero-order valence-corrected chi connectivity index (χ0v) is 15.1. The summed E-state index contributed by atoms with van der Waals surface area (Å²) in [7, 11) is 2.81. The van der Waals surface area contributed by atoms with Crippen LogP contribution in [0.2, 0.25) is 0 Å². The number of phenols is 1. The van der Waals surface area contributed by atoms with E-state index in [1.807, 2.05) is 0 Å². The molecule has 0 bridgehead atoms. The number of methoxy groups -OCH3 is 2. The molecule has 2 rings (SSSR count). The molecule has 154 valence electrons. The fraction of sp³-hybridized carbons (Fsp3) is 0.647. The molecule has 1 aromatic carbocycles. The van der Waals surface area contributed by atoms with Crippen molar-refractivity contribution in [3.8, 4) is 17.2 Å². The molecule has 0 unspecified atom stereocenters. The molecule has 27 heavy (non-hydrogen) atoms. The van der Waals surface area contributed by atoms with E-state index in [0.29, 0.717) is 11.3 Å². The van der Waals surface area contributed by atoms with E-state index in [9.17, 15) is 25.5 Å². The van der Waals surface area contributed by atoms with Crippen molar-refractivity contribution >= 4 is 0 Å². The summed E-state index contributed by atoms with van der Waals surface area (Å²) in [5.41, 5.74) is 0.551. The van der Waals surface area contributed by atoms with Crippen molar-refractivity contribution in [2.45, 2.75) is 43.2 Å². The molecule has 1 heterocycles. The molecule has 10 heteroatoms. The Bertz CT molecular complexity index is 608. The normalized spacial score (nSPS) is 29.4. The van der Waals surface area contributed by atoms with Gasteiger partial charge in [0.1, 0.15) is 24.4 Å². The third-order valence-corrected chi connectivity index (χ3v) is 4.29. The zero-order chi connectivity index (χ0) is 20.1. The van der Waals surface area contributed by atoms with Gasteiger partial charge in [-0.3, -0.25) is 0 Å². The van der Waals surface area contributed by atoms with E-state index < -0.39 is 43.4 Å². The SMILES string of the molecule is COc1cc(C[C@H](O)CO[C@@H]2O[C@H](CO)[C@@H](O)[C@H](O)[C@H]2O)cc(O)c1OC. The minimum atomic E-state index is -1.55. The molecule has 1 saturated heterocycles. The van der Waals surface area contributed by atoms with Crippen molar-refractivity contribution in [3.05, 3.63) is 17.7 Å². The van der Waals surface area contributed by atoms with Crippen LogP contribution in [0.25, 0.3) is 0 Å². The highest BCUT2D eigenvalue weighted by Crippen LogP contribution is 2.37. The van der Waals surface area contributed by atoms with Gasteiger partial charge >= 0.3 is 0 Å². The van der Waals surface area contributed by atoms with Crippen LogP contribution in [0.15, 0.2) is 12.1 Å². The quantitative estimate of drug-likeness (QED) is 0.297. The highest BCUT2D eigenvalue weighted by atomic mass is 16.7. The number of ether oxygens (including phenoxy) is 4. The number of benzene rings is 1. The molecule has 1 aromatic rings. The van der Waals surface area contributed by atoms with Crippen molar-refractivity contribution < 1.29 is 49.6 Å². The summed E-state index contributed by atoms with van der Waals surface area (Å²) in [6.07, 6.45) is -7.94. The number of hydrogen-bond acceptors (Lipinski definition) is 10. The summed E-state index contributed by atoms with van der Waals surface area (Å²) in [5.74, 6) is 0.330. The van der Waals surface area contributed by atoms with Gasteiger partial charge in [-0.2, -0.15) is 0 Å². The van der Waals surface area contributed by atoms with E-state index in [1.54, 1.807) is 6.07 Å². The lowest BCUT2D eigenvalue weighted by Gasteiger charge is -2.39. The summed E-state index contributed by atoms with van der Waals surface area (Å²) < 4.78 is 20.6. The van der Waals surface area contributed by atoms with Crippen LogP contribution in [0.5, 0.6) is 17.2 Å². The molecule has 1 aliphatic rings. The smallest absolute Gasteiger partial charge is 0.203 e. The topological polar surface area (TPSA) is 158 Å². The fourth-order valence-corrected chi connectivity index (χ4v) is 2.86. The van der Waals surface area contributed by atoms with Crippen LogP contribution < -0.4 is 9.47 Å². The van der Waals surface area contributed by atoms with Gasteiger partial charge in [-0.1, -0.05) is 0 Å². The summed E-state index contributed by atoms with van der Waals surface area (Å²) in [5, 5.41) is 58.6. The minimum absolute atomic E-state index is 0.0886. The number of aromatic hydroxyl groups is 1. The molecule has 0 aromatic heterocycles. The standard InChI is InChI=1S/C17H26O10/c1-24-11-5-8(4-10(20)16(11)25-2)3-9(19)7-26-17-15(23)14(22)13(21)12(6-18)27-17/h4-5,9,12-15,17-23H,3,6-7H2,1-2H3/t9-,12+,13+,14-,15+,17+/m0/s1. The van der Waals surface area contributed by atoms with Gasteiger partial charge in [0.2, 0.25) is 5.75 Å². The van der Waals surface area contributed by atoms with Crippen LogP contribution in [-0.2, 0) is 15.9 Å². The first-order valence-corrected chi connectivity index (χ1v) is 8.36. The van der Waals surface area contributed by atoms with Crippen LogP contribution in [0, 0.1) is 0 Å². The lowest BCUT2D eigenvalue weighted by Crippen LogP contribution is -2.59. The Labute approximate surface area is 156 Å². The highest BCUT2D eigenvalue weighted by molar-refractivity contribution is 5.53. The number of hydrogen-bond donors (Lipinski definition) is 6. The molecule has 1 aliphatic heterocycles. The monoisotopic (exact) mass is 390 g/mol. The van der Waals surface area contributed by atoms with Gasteiger partial charge in [-0.25, -0.2) is 0 Å². The fourth-order valence-electron chi connectivity index (χ4n) is 2.86. The van der Waals surface area contributed by atoms with E-state index in [0.717, 1.165) is 0 Å². The Morgan fingerprint density at radius 1 is 1.07 bits per heavy atom. The first kappa shape index (κ1) is 21.6. The Morgan fingerprint density at radius 3 is 2.37 bits per heavy atom. The maximum absolute atomic E-state index is 10.2. The van der Waals surface area contributed by atoms with Gasteiger partial charge in [0.15, 0.2) is 17.8 Å². The molecule has 0 saturated carbocycles. The van der Waals surface area contributed by atoms with Crippen LogP contribution >= 0.6 is 0 Å². The van der Waals surface area contributed by atoms with Gasteiger partial charge < -0.3 is 49.6 Å². The third kappa shape index (κ3) is 4.99. The summed E-state index contributed by atoms with van der Waals surface area (Å²) in [4.78, 5) is 0. The zero-order valence-electron chi connectivity index (χ0n) is 15.1. The second-order valence-corrected chi connectivity index (χ2v) is 6.24. The van der Waals surface area contributed by atoms with E-state index in [4.69, 9.17) is 24.1 Å². The number of rotatable bonds is 8. The van der Waals surface area contributed by atoms with Gasteiger partial charge in [0, 0.05) is 6.42 Å². The summed E-state index contributed by atoms with van der Waals surface area (Å²) >= 11 is 0. The minimum Gasteiger partial charge on any atom is -0.504 e. The van der Waals surface area contributed by atoms with Gasteiger partial charge in [0.25, 0.3) is 0 Å². The molecule has 0 spiro atoms. The van der Waals surface area contributed by atoms with Crippen molar-refractivity contribution in [1.82, 2.24) is 0 Å². The van der Waals surface area contributed by atoms with E-state index in [1.165, 1.54) is 20.3 Å². The van der Waals surface area contributed by atoms with Crippen molar-refractivity contribution in [2.24, 2.45) is 0 Å². The number of aliphatic hydroxyl groups excluding tert-OH is 5. The Kier molecular flexibility index (Phi) is 7.62. The maximum atomic E-state index is 10.2. The van der Waals surface area contributed by atoms with Crippen LogP contribution in [-0.4, -0.2) is 94.9 Å². The van der Waals surface area contributed by atoms with Crippen molar-refractivity contribution in [2.75, 3.05) is 27.4 Å². The van der Waals surface area contributed by atoms with Gasteiger partial charge in [0.05, 0.1) is 33.5 Å². The molecule has 0 aliphatic carbocycles. The van der Waals surface area contributed by atoms with E-state index >= 15 is 0 Å². The molecular weight excluding hydrogens is 364 g/mol. The second-order valence-electron chi connectivity index (χ2n) is 6.24. The first-order valence-electron chi connectivity index (χ1n) is 8.36. The van der Waals surface area contributed by atoms with Crippen molar-refractivity contribution in [1.29, 1.82) is 0 Å². The Hall–Kier alpha value is -1.66. The highest BCUT2D eigenvalue weighted by Gasteiger charge is 2.44. The molecule has 1 fully saturated rings. The van der Waals surface area contributed by atoms with Crippen LogP contribution in [0.4, 0.5) is 0 Å². The molecule has 6 atom stereocenters. The molecule has 10 nitrogen and oxygen atoms in total. The third-order valence-electron chi connectivity index (χ3n) is 4.29. The molecule has 0 radical (unpaired) electrons. The number of aliphatic hydroxyl groups is 5. The van der Waals surface area contributed by atoms with Gasteiger partial charge in [-0.15, -0.1) is 0 Å². The van der Waals surface area contributed by atoms with Crippen LogP contribution in [0.1, 0.15) is 5.56 Å². The van der Waals surface area contributed by atoms with Crippen LogP contribution in [0.3, 0.4) is 0 Å². The average molecular weight is 390 g/mol. The lowest BCUT2D eigenvalue weighted by atomic mass is 9.99. The van der Waals surface area contributed by atoms with Crippen molar-refractivity contribution in [3.63, 3.8) is 0 Å². The largest absolute Gasteiger partial charge is 0.504 e. The van der Waals surface area contributed by atoms with E-state index in [2.05, 4.69) is 0 Å². The summed E-state index contributed by atoms with van der Waals surface area (Å²) in [6.45, 7) is -0.837. The lowest BCUT2D eigenvalue weighted by molar-refractivity contribution is -0.304. The summed E-state index contributed by atoms with van der Waals surface area (Å²) in [6, 6.07) is 3.01.